The van der Waals surface area contributed by atoms with Crippen molar-refractivity contribution in [3.8, 4) is 5.75 Å². The molecule has 0 unspecified atom stereocenters. The number of hydrogen-bond donors (Lipinski definition) is 1. The van der Waals surface area contributed by atoms with E-state index in [1.54, 1.807) is 13.4 Å². The van der Waals surface area contributed by atoms with Gasteiger partial charge in [-0.25, -0.2) is 9.97 Å². The summed E-state index contributed by atoms with van der Waals surface area (Å²) in [7, 11) is 1.71. The maximum absolute atomic E-state index is 12.3. The second-order valence-electron chi connectivity index (χ2n) is 8.05. The number of piperazine rings is 1. The molecule has 1 aromatic carbocycles. The number of para-hydroxylation sites is 2. The van der Waals surface area contributed by atoms with Crippen LogP contribution >= 0.6 is 11.8 Å². The Bertz CT molecular complexity index is 867. The fourth-order valence-electron chi connectivity index (χ4n) is 4.30. The first-order chi connectivity index (χ1) is 15.2. The molecule has 1 aliphatic heterocycles. The van der Waals surface area contributed by atoms with Crippen molar-refractivity contribution in [2.24, 2.45) is 0 Å². The van der Waals surface area contributed by atoms with E-state index in [1.165, 1.54) is 31.0 Å². The molecule has 0 atom stereocenters. The van der Waals surface area contributed by atoms with Crippen LogP contribution in [-0.4, -0.2) is 61.0 Å². The SMILES string of the molecule is COc1ccccc1N1CCN(c2cc(SCC(=O)NC3CCCCC3)ncn2)CC1. The Kier molecular flexibility index (Phi) is 7.51. The van der Waals surface area contributed by atoms with Gasteiger partial charge in [0.1, 0.15) is 22.9 Å². The van der Waals surface area contributed by atoms with Gasteiger partial charge < -0.3 is 19.9 Å². The average Bonchev–Trinajstić information content (AvgIpc) is 2.84. The number of benzene rings is 1. The predicted octanol–water partition coefficient (Wildman–Crippen LogP) is 3.35. The highest BCUT2D eigenvalue weighted by molar-refractivity contribution is 7.99. The lowest BCUT2D eigenvalue weighted by molar-refractivity contribution is -0.119. The fraction of sp³-hybridized carbons (Fsp3) is 0.522. The molecule has 31 heavy (non-hydrogen) atoms. The van der Waals surface area contributed by atoms with Crippen molar-refractivity contribution in [2.75, 3.05) is 48.8 Å². The van der Waals surface area contributed by atoms with Gasteiger partial charge in [0, 0.05) is 38.3 Å². The fourth-order valence-corrected chi connectivity index (χ4v) is 4.98. The number of methoxy groups -OCH3 is 1. The summed E-state index contributed by atoms with van der Waals surface area (Å²) < 4.78 is 5.51. The van der Waals surface area contributed by atoms with Gasteiger partial charge in [0.05, 0.1) is 18.6 Å². The number of thioether (sulfide) groups is 1. The maximum atomic E-state index is 12.3. The molecule has 1 N–H and O–H groups in total. The normalized spacial score (nSPS) is 17.5. The smallest absolute Gasteiger partial charge is 0.230 e. The summed E-state index contributed by atoms with van der Waals surface area (Å²) in [5, 5.41) is 4.01. The summed E-state index contributed by atoms with van der Waals surface area (Å²) in [4.78, 5) is 25.7. The van der Waals surface area contributed by atoms with E-state index < -0.39 is 0 Å². The van der Waals surface area contributed by atoms with Crippen LogP contribution in [0, 0.1) is 0 Å². The third kappa shape index (κ3) is 5.81. The van der Waals surface area contributed by atoms with E-state index in [0.29, 0.717) is 11.8 Å². The van der Waals surface area contributed by atoms with Gasteiger partial charge in [-0.15, -0.1) is 0 Å². The Labute approximate surface area is 188 Å². The number of anilines is 2. The summed E-state index contributed by atoms with van der Waals surface area (Å²) >= 11 is 1.48. The first kappa shape index (κ1) is 21.7. The van der Waals surface area contributed by atoms with E-state index >= 15 is 0 Å². The molecule has 1 amide bonds. The van der Waals surface area contributed by atoms with Gasteiger partial charge in [0.2, 0.25) is 5.91 Å². The van der Waals surface area contributed by atoms with Crippen LogP contribution in [0.1, 0.15) is 32.1 Å². The molecule has 8 heteroatoms. The number of carbonyl (C=O) groups excluding carboxylic acids is 1. The lowest BCUT2D eigenvalue weighted by atomic mass is 9.95. The lowest BCUT2D eigenvalue weighted by Gasteiger charge is -2.37. The van der Waals surface area contributed by atoms with Gasteiger partial charge in [-0.3, -0.25) is 4.79 Å². The monoisotopic (exact) mass is 441 g/mol. The van der Waals surface area contributed by atoms with Gasteiger partial charge in [0.15, 0.2) is 0 Å². The molecule has 7 nitrogen and oxygen atoms in total. The number of hydrogen-bond acceptors (Lipinski definition) is 7. The zero-order valence-electron chi connectivity index (χ0n) is 18.1. The Balaban J connectivity index is 1.29. The third-order valence-corrected chi connectivity index (χ3v) is 6.90. The van der Waals surface area contributed by atoms with Crippen LogP contribution in [0.25, 0.3) is 0 Å². The summed E-state index contributed by atoms with van der Waals surface area (Å²) in [6.07, 6.45) is 7.54. The van der Waals surface area contributed by atoms with Crippen molar-refractivity contribution < 1.29 is 9.53 Å². The van der Waals surface area contributed by atoms with Crippen molar-refractivity contribution >= 4 is 29.2 Å². The molecular weight excluding hydrogens is 410 g/mol. The number of nitrogens with one attached hydrogen (secondary N) is 1. The standard InChI is InChI=1S/C23H31N5O2S/c1-30-20-10-6-5-9-19(20)27-11-13-28(14-12-27)21-15-23(25-17-24-21)31-16-22(29)26-18-7-3-2-4-8-18/h5-6,9-10,15,17-18H,2-4,7-8,11-14,16H2,1H3,(H,26,29). The molecule has 2 aromatic rings. The highest BCUT2D eigenvalue weighted by atomic mass is 32.2. The molecule has 2 fully saturated rings. The van der Waals surface area contributed by atoms with E-state index in [2.05, 4.69) is 31.2 Å². The minimum absolute atomic E-state index is 0.0995. The Hall–Kier alpha value is -2.48. The van der Waals surface area contributed by atoms with E-state index in [9.17, 15) is 4.79 Å². The summed E-state index contributed by atoms with van der Waals surface area (Å²) in [6, 6.07) is 10.5. The zero-order valence-corrected chi connectivity index (χ0v) is 18.9. The van der Waals surface area contributed by atoms with Gasteiger partial charge >= 0.3 is 0 Å². The molecule has 0 radical (unpaired) electrons. The number of rotatable bonds is 7. The highest BCUT2D eigenvalue weighted by Crippen LogP contribution is 2.29. The van der Waals surface area contributed by atoms with Crippen molar-refractivity contribution in [1.82, 2.24) is 15.3 Å². The van der Waals surface area contributed by atoms with E-state index in [-0.39, 0.29) is 5.91 Å². The first-order valence-corrected chi connectivity index (χ1v) is 12.1. The third-order valence-electron chi connectivity index (χ3n) is 5.98. The molecule has 2 aliphatic rings. The lowest BCUT2D eigenvalue weighted by Crippen LogP contribution is -2.47. The molecule has 1 aromatic heterocycles. The van der Waals surface area contributed by atoms with E-state index in [1.807, 2.05) is 24.3 Å². The van der Waals surface area contributed by atoms with Crippen LogP contribution in [0.3, 0.4) is 0 Å². The van der Waals surface area contributed by atoms with Crippen molar-refractivity contribution in [3.63, 3.8) is 0 Å². The number of ether oxygens (including phenoxy) is 1. The second kappa shape index (κ2) is 10.7. The quantitative estimate of drug-likeness (QED) is 0.522. The highest BCUT2D eigenvalue weighted by Gasteiger charge is 2.21. The molecule has 1 saturated carbocycles. The largest absolute Gasteiger partial charge is 0.495 e. The van der Waals surface area contributed by atoms with Gasteiger partial charge in [0.25, 0.3) is 0 Å². The first-order valence-electron chi connectivity index (χ1n) is 11.1. The van der Waals surface area contributed by atoms with Crippen LogP contribution in [0.5, 0.6) is 5.75 Å². The summed E-state index contributed by atoms with van der Waals surface area (Å²) in [5.41, 5.74) is 1.13. The molecule has 166 valence electrons. The minimum atomic E-state index is 0.0995. The van der Waals surface area contributed by atoms with Crippen LogP contribution in [0.4, 0.5) is 11.5 Å². The number of nitrogens with zero attached hydrogens (tertiary/aromatic N) is 4. The summed E-state index contributed by atoms with van der Waals surface area (Å²) in [5.74, 6) is 2.32. The topological polar surface area (TPSA) is 70.6 Å². The van der Waals surface area contributed by atoms with Crippen LogP contribution in [0.15, 0.2) is 41.7 Å². The molecule has 1 saturated heterocycles. The Morgan fingerprint density at radius 3 is 2.61 bits per heavy atom. The van der Waals surface area contributed by atoms with E-state index in [4.69, 9.17) is 4.74 Å². The summed E-state index contributed by atoms with van der Waals surface area (Å²) in [6.45, 7) is 3.55. The maximum Gasteiger partial charge on any atom is 0.230 e. The number of amides is 1. The second-order valence-corrected chi connectivity index (χ2v) is 9.05. The molecule has 1 aliphatic carbocycles. The minimum Gasteiger partial charge on any atom is -0.495 e. The van der Waals surface area contributed by atoms with E-state index in [0.717, 1.165) is 61.3 Å². The number of carbonyl (C=O) groups is 1. The molecule has 2 heterocycles. The average molecular weight is 442 g/mol. The van der Waals surface area contributed by atoms with Crippen LogP contribution in [0.2, 0.25) is 0 Å². The molecule has 0 bridgehead atoms. The van der Waals surface area contributed by atoms with Gasteiger partial charge in [-0.2, -0.15) is 0 Å². The number of aromatic nitrogens is 2. The zero-order chi connectivity index (χ0) is 21.5. The van der Waals surface area contributed by atoms with Gasteiger partial charge in [-0.05, 0) is 25.0 Å². The molecular formula is C23H31N5O2S. The van der Waals surface area contributed by atoms with Gasteiger partial charge in [-0.1, -0.05) is 43.2 Å². The van der Waals surface area contributed by atoms with Crippen molar-refractivity contribution in [2.45, 2.75) is 43.2 Å². The Morgan fingerprint density at radius 1 is 1.10 bits per heavy atom. The van der Waals surface area contributed by atoms with Crippen LogP contribution < -0.4 is 19.9 Å². The molecule has 0 spiro atoms. The van der Waals surface area contributed by atoms with Crippen molar-refractivity contribution in [1.29, 1.82) is 0 Å². The van der Waals surface area contributed by atoms with Crippen molar-refractivity contribution in [3.05, 3.63) is 36.7 Å². The van der Waals surface area contributed by atoms with Crippen LogP contribution in [-0.2, 0) is 4.79 Å². The molecule has 4 rings (SSSR count). The predicted molar refractivity (Wildman–Crippen MR) is 125 cm³/mol. The Morgan fingerprint density at radius 2 is 1.84 bits per heavy atom.